The van der Waals surface area contributed by atoms with Gasteiger partial charge in [-0.15, -0.1) is 0 Å². The Morgan fingerprint density at radius 1 is 0.429 bits per heavy atom. The van der Waals surface area contributed by atoms with E-state index < -0.39 is 0 Å². The van der Waals surface area contributed by atoms with Crippen molar-refractivity contribution in [1.29, 1.82) is 0 Å². The van der Waals surface area contributed by atoms with Gasteiger partial charge in [-0.3, -0.25) is 19.6 Å². The van der Waals surface area contributed by atoms with Gasteiger partial charge in [0.2, 0.25) is 0 Å². The first kappa shape index (κ1) is 24.0. The van der Waals surface area contributed by atoms with Crippen LogP contribution >= 0.6 is 0 Å². The average molecular weight is 397 g/mol. The highest BCUT2D eigenvalue weighted by Gasteiger charge is 2.18. The monoisotopic (exact) mass is 396 g/mol. The van der Waals surface area contributed by atoms with Gasteiger partial charge in [0.15, 0.2) is 0 Å². The van der Waals surface area contributed by atoms with Gasteiger partial charge in [0.25, 0.3) is 0 Å². The molecule has 1 aliphatic rings. The fourth-order valence-electron chi connectivity index (χ4n) is 3.24. The average Bonchev–Trinajstić information content (AvgIpc) is 2.55. The van der Waals surface area contributed by atoms with Crippen molar-refractivity contribution in [1.82, 2.24) is 19.6 Å². The smallest absolute Gasteiger partial charge is 0.0991 e. The molecule has 1 fully saturated rings. The van der Waals surface area contributed by atoms with Crippen LogP contribution in [0.2, 0.25) is 0 Å². The van der Waals surface area contributed by atoms with Crippen molar-refractivity contribution < 1.29 is 20.4 Å². The van der Waals surface area contributed by atoms with Crippen LogP contribution in [0, 0.1) is 0 Å². The van der Waals surface area contributed by atoms with Crippen LogP contribution in [0.4, 0.5) is 0 Å². The van der Waals surface area contributed by atoms with Crippen LogP contribution < -0.4 is 0 Å². The maximum Gasteiger partial charge on any atom is 0.0991 e. The van der Waals surface area contributed by atoms with E-state index in [1.807, 2.05) is 0 Å². The third-order valence-electron chi connectivity index (χ3n) is 4.55. The maximum absolute atomic E-state index is 9.62. The first-order valence-corrected chi connectivity index (χ1v) is 9.52. The summed E-state index contributed by atoms with van der Waals surface area (Å²) in [5.74, 6) is 0.429. The second kappa shape index (κ2) is 12.5. The fraction of sp³-hybridized carbons (Fsp3) is 0.600. The Balaban J connectivity index is 2.90. The van der Waals surface area contributed by atoms with Crippen molar-refractivity contribution in [3.63, 3.8) is 0 Å². The molecule has 0 spiro atoms. The highest BCUT2D eigenvalue weighted by molar-refractivity contribution is 4.90. The number of rotatable bonds is 8. The van der Waals surface area contributed by atoms with E-state index in [9.17, 15) is 20.4 Å². The van der Waals surface area contributed by atoms with E-state index in [1.54, 1.807) is 0 Å². The lowest BCUT2D eigenvalue weighted by atomic mass is 10.3. The molecule has 0 aliphatic carbocycles. The lowest BCUT2D eigenvalue weighted by molar-refractivity contribution is 0.128. The number of hydrogen-bond donors (Lipinski definition) is 4. The second-order valence-electron chi connectivity index (χ2n) is 7.37. The molecule has 8 heteroatoms. The Labute approximate surface area is 168 Å². The van der Waals surface area contributed by atoms with E-state index in [-0.39, 0.29) is 23.0 Å². The van der Waals surface area contributed by atoms with E-state index in [1.165, 1.54) is 0 Å². The molecule has 0 bridgehead atoms. The Morgan fingerprint density at radius 3 is 0.679 bits per heavy atom. The van der Waals surface area contributed by atoms with Gasteiger partial charge in [-0.2, -0.15) is 0 Å². The van der Waals surface area contributed by atoms with E-state index in [2.05, 4.69) is 45.9 Å². The largest absolute Gasteiger partial charge is 0.512 e. The fourth-order valence-corrected chi connectivity index (χ4v) is 3.24. The lowest BCUT2D eigenvalue weighted by Crippen LogP contribution is -2.47. The molecular formula is C20H36N4O4. The Hall–Kier alpha value is -2.00. The molecule has 0 aromatic carbocycles. The highest BCUT2D eigenvalue weighted by atomic mass is 16.3. The Morgan fingerprint density at radius 2 is 0.571 bits per heavy atom. The minimum absolute atomic E-state index is 0.107. The van der Waals surface area contributed by atoms with Crippen LogP contribution in [0.25, 0.3) is 0 Å². The van der Waals surface area contributed by atoms with Gasteiger partial charge >= 0.3 is 0 Å². The topological polar surface area (TPSA) is 93.9 Å². The molecule has 1 rings (SSSR count). The van der Waals surface area contributed by atoms with Gasteiger partial charge in [-0.25, -0.2) is 0 Å². The zero-order valence-electron chi connectivity index (χ0n) is 16.9. The molecule has 8 nitrogen and oxygen atoms in total. The van der Waals surface area contributed by atoms with Crippen molar-refractivity contribution in [2.45, 2.75) is 0 Å². The minimum atomic E-state index is 0.107. The van der Waals surface area contributed by atoms with Crippen LogP contribution in [0.3, 0.4) is 0 Å². The van der Waals surface area contributed by atoms with Crippen LogP contribution in [0.1, 0.15) is 0 Å². The summed E-state index contributed by atoms with van der Waals surface area (Å²) in [6.45, 7) is 21.4. The van der Waals surface area contributed by atoms with Gasteiger partial charge in [-0.05, 0) is 0 Å². The summed E-state index contributed by atoms with van der Waals surface area (Å²) in [6, 6.07) is 0. The summed E-state index contributed by atoms with van der Waals surface area (Å²) >= 11 is 0. The first-order valence-electron chi connectivity index (χ1n) is 9.52. The third-order valence-corrected chi connectivity index (χ3v) is 4.55. The van der Waals surface area contributed by atoms with Gasteiger partial charge in [0.1, 0.15) is 0 Å². The summed E-state index contributed by atoms with van der Waals surface area (Å²) < 4.78 is 0. The summed E-state index contributed by atoms with van der Waals surface area (Å²) in [7, 11) is 0. The molecule has 0 atom stereocenters. The highest BCUT2D eigenvalue weighted by Crippen LogP contribution is 2.05. The lowest BCUT2D eigenvalue weighted by Gasteiger charge is -2.33. The molecule has 1 saturated heterocycles. The molecule has 0 amide bonds. The van der Waals surface area contributed by atoms with Crippen molar-refractivity contribution in [2.75, 3.05) is 78.5 Å². The molecule has 0 radical (unpaired) electrons. The molecule has 0 aromatic heterocycles. The summed E-state index contributed by atoms with van der Waals surface area (Å²) in [4.78, 5) is 8.38. The molecule has 0 aromatic rings. The molecule has 28 heavy (non-hydrogen) atoms. The Kier molecular flexibility index (Phi) is 10.7. The van der Waals surface area contributed by atoms with Gasteiger partial charge < -0.3 is 20.4 Å². The normalized spacial score (nSPS) is 19.4. The number of hydrogen-bond acceptors (Lipinski definition) is 8. The molecule has 0 unspecified atom stereocenters. The van der Waals surface area contributed by atoms with Crippen molar-refractivity contribution in [3.8, 4) is 0 Å². The van der Waals surface area contributed by atoms with E-state index in [4.69, 9.17) is 0 Å². The van der Waals surface area contributed by atoms with Crippen LogP contribution in [0.15, 0.2) is 49.4 Å². The Bertz CT molecular complexity index is 440. The SMILES string of the molecule is C=C(O)CN1CCN(CC(=C)O)CCN(CC(=C)O)CCN(CC(=C)O)CC1. The van der Waals surface area contributed by atoms with E-state index >= 15 is 0 Å². The predicted octanol–water partition coefficient (Wildman–Crippen LogP) is 1.49. The molecule has 160 valence electrons. The van der Waals surface area contributed by atoms with Crippen LogP contribution in [-0.4, -0.2) is 119 Å². The first-order chi connectivity index (χ1) is 13.2. The summed E-state index contributed by atoms with van der Waals surface area (Å²) in [5, 5.41) is 38.5. The predicted molar refractivity (Wildman–Crippen MR) is 113 cm³/mol. The van der Waals surface area contributed by atoms with Gasteiger partial charge in [0, 0.05) is 52.4 Å². The quantitative estimate of drug-likeness (QED) is 0.459. The van der Waals surface area contributed by atoms with Crippen molar-refractivity contribution >= 4 is 0 Å². The zero-order valence-corrected chi connectivity index (χ0v) is 16.9. The standard InChI is InChI=1S/C20H36N4O4/c1-17(25)13-21-5-7-22(14-18(2)26)9-11-24(16-20(4)28)12-10-23(8-6-21)15-19(3)27/h25-28H,1-16H2. The van der Waals surface area contributed by atoms with Gasteiger partial charge in [0.05, 0.1) is 49.2 Å². The molecule has 4 N–H and O–H groups in total. The van der Waals surface area contributed by atoms with Crippen molar-refractivity contribution in [3.05, 3.63) is 49.4 Å². The summed E-state index contributed by atoms with van der Waals surface area (Å²) in [6.07, 6.45) is 0. The van der Waals surface area contributed by atoms with E-state index in [0.29, 0.717) is 78.5 Å². The third kappa shape index (κ3) is 11.0. The molecular weight excluding hydrogens is 360 g/mol. The number of nitrogens with zero attached hydrogens (tertiary/aromatic N) is 4. The van der Waals surface area contributed by atoms with Gasteiger partial charge in [-0.1, -0.05) is 26.3 Å². The summed E-state index contributed by atoms with van der Waals surface area (Å²) in [5.41, 5.74) is 0. The zero-order chi connectivity index (χ0) is 21.1. The maximum atomic E-state index is 9.62. The number of aliphatic hydroxyl groups is 4. The molecule has 1 aliphatic heterocycles. The van der Waals surface area contributed by atoms with E-state index in [0.717, 1.165) is 0 Å². The molecule has 1 heterocycles. The molecule has 0 saturated carbocycles. The van der Waals surface area contributed by atoms with Crippen LogP contribution in [-0.2, 0) is 0 Å². The second-order valence-corrected chi connectivity index (χ2v) is 7.37. The number of aliphatic hydroxyl groups excluding tert-OH is 4. The van der Waals surface area contributed by atoms with Crippen molar-refractivity contribution in [2.24, 2.45) is 0 Å². The van der Waals surface area contributed by atoms with Crippen LogP contribution in [0.5, 0.6) is 0 Å². The minimum Gasteiger partial charge on any atom is -0.512 e.